The fourth-order valence-corrected chi connectivity index (χ4v) is 1.58. The molecule has 0 saturated heterocycles. The maximum Gasteiger partial charge on any atom is 0.200 e. The molecule has 9 heteroatoms. The van der Waals surface area contributed by atoms with E-state index >= 15 is 0 Å². The summed E-state index contributed by atoms with van der Waals surface area (Å²) in [6.07, 6.45) is 1.62. The van der Waals surface area contributed by atoms with E-state index in [9.17, 15) is 22.0 Å². The number of rotatable bonds is 4. The van der Waals surface area contributed by atoms with Crippen LogP contribution >= 0.6 is 0 Å². The molecule has 0 bridgehead atoms. The second kappa shape index (κ2) is 5.53. The molecule has 1 N–H and O–H groups in total. The van der Waals surface area contributed by atoms with Crippen LogP contribution in [-0.2, 0) is 6.42 Å². The number of hydrogen-bond acceptors (Lipinski definition) is 3. The molecule has 0 amide bonds. The van der Waals surface area contributed by atoms with E-state index in [4.69, 9.17) is 5.11 Å². The van der Waals surface area contributed by atoms with Gasteiger partial charge in [0.2, 0.25) is 5.82 Å². The predicted octanol–water partition coefficient (Wildman–Crippen LogP) is 1.89. The first-order chi connectivity index (χ1) is 9.47. The molecule has 1 aromatic carbocycles. The van der Waals surface area contributed by atoms with E-state index in [1.165, 1.54) is 0 Å². The molecule has 108 valence electrons. The van der Waals surface area contributed by atoms with Crippen LogP contribution in [0, 0.1) is 29.1 Å². The molecule has 0 atom stereocenters. The number of hydrogen-bond donors (Lipinski definition) is 1. The lowest BCUT2D eigenvalue weighted by Gasteiger charge is -2.06. The van der Waals surface area contributed by atoms with Crippen molar-refractivity contribution in [3.05, 3.63) is 41.0 Å². The van der Waals surface area contributed by atoms with Gasteiger partial charge in [0.25, 0.3) is 0 Å². The fraction of sp³-hybridized carbons (Fsp3) is 0.273. The molecular formula is C11H8F5N3O. The van der Waals surface area contributed by atoms with Crippen molar-refractivity contribution in [2.75, 3.05) is 6.61 Å². The van der Waals surface area contributed by atoms with E-state index in [1.807, 2.05) is 0 Å². The van der Waals surface area contributed by atoms with Crippen LogP contribution in [0.3, 0.4) is 0 Å². The molecule has 0 saturated carbocycles. The third-order valence-electron chi connectivity index (χ3n) is 2.55. The van der Waals surface area contributed by atoms with Gasteiger partial charge in [0.15, 0.2) is 23.3 Å². The van der Waals surface area contributed by atoms with Gasteiger partial charge in [-0.3, -0.25) is 0 Å². The standard InChI is InChI=1S/C11H8F5N3O/c12-6-7(13)9(15)11(10(16)8(6)14)19-4-5(17-18-19)2-1-3-20/h4,20H,1-3H2. The minimum Gasteiger partial charge on any atom is -0.396 e. The Bertz CT molecular complexity index is 614. The van der Waals surface area contributed by atoms with Crippen molar-refractivity contribution < 1.29 is 27.1 Å². The largest absolute Gasteiger partial charge is 0.396 e. The Morgan fingerprint density at radius 1 is 0.950 bits per heavy atom. The summed E-state index contributed by atoms with van der Waals surface area (Å²) in [6.45, 7) is -0.130. The average Bonchev–Trinajstić information content (AvgIpc) is 2.89. The Labute approximate surface area is 109 Å². The summed E-state index contributed by atoms with van der Waals surface area (Å²) >= 11 is 0. The number of halogens is 5. The quantitative estimate of drug-likeness (QED) is 0.532. The number of benzene rings is 1. The summed E-state index contributed by atoms with van der Waals surface area (Å²) in [7, 11) is 0. The summed E-state index contributed by atoms with van der Waals surface area (Å²) in [4.78, 5) is 0. The lowest BCUT2D eigenvalue weighted by Crippen LogP contribution is -2.10. The third-order valence-corrected chi connectivity index (χ3v) is 2.55. The average molecular weight is 293 g/mol. The van der Waals surface area contributed by atoms with Crippen LogP contribution in [-0.4, -0.2) is 26.7 Å². The molecule has 0 fully saturated rings. The maximum absolute atomic E-state index is 13.5. The highest BCUT2D eigenvalue weighted by molar-refractivity contribution is 5.36. The third kappa shape index (κ3) is 2.36. The minimum atomic E-state index is -2.23. The van der Waals surface area contributed by atoms with Crippen LogP contribution in [0.5, 0.6) is 0 Å². The molecule has 1 heterocycles. The molecule has 0 radical (unpaired) electrons. The van der Waals surface area contributed by atoms with Crippen molar-refractivity contribution in [2.24, 2.45) is 0 Å². The van der Waals surface area contributed by atoms with Gasteiger partial charge in [0.1, 0.15) is 5.69 Å². The summed E-state index contributed by atoms with van der Waals surface area (Å²) in [5, 5.41) is 15.5. The highest BCUT2D eigenvalue weighted by Crippen LogP contribution is 2.25. The molecule has 4 nitrogen and oxygen atoms in total. The topological polar surface area (TPSA) is 50.9 Å². The summed E-state index contributed by atoms with van der Waals surface area (Å²) in [6, 6.07) is 0. The monoisotopic (exact) mass is 293 g/mol. The van der Waals surface area contributed by atoms with Gasteiger partial charge in [-0.25, -0.2) is 26.6 Å². The van der Waals surface area contributed by atoms with Crippen LogP contribution in [0.25, 0.3) is 5.69 Å². The fourth-order valence-electron chi connectivity index (χ4n) is 1.58. The Morgan fingerprint density at radius 2 is 1.50 bits per heavy atom. The lowest BCUT2D eigenvalue weighted by molar-refractivity contribution is 0.288. The molecule has 1 aromatic heterocycles. The van der Waals surface area contributed by atoms with Gasteiger partial charge < -0.3 is 5.11 Å². The molecule has 20 heavy (non-hydrogen) atoms. The van der Waals surface area contributed by atoms with Crippen molar-refractivity contribution >= 4 is 0 Å². The molecule has 0 unspecified atom stereocenters. The molecule has 2 aromatic rings. The van der Waals surface area contributed by atoms with Crippen LogP contribution in [0.2, 0.25) is 0 Å². The molecule has 0 aliphatic carbocycles. The number of aliphatic hydroxyl groups excluding tert-OH is 1. The molecule has 0 aliphatic heterocycles. The highest BCUT2D eigenvalue weighted by atomic mass is 19.2. The molecule has 2 rings (SSSR count). The van der Waals surface area contributed by atoms with Crippen LogP contribution < -0.4 is 0 Å². The first-order valence-electron chi connectivity index (χ1n) is 5.51. The SMILES string of the molecule is OCCCc1cn(-c2c(F)c(F)c(F)c(F)c2F)nn1. The highest BCUT2D eigenvalue weighted by Gasteiger charge is 2.27. The number of nitrogens with zero attached hydrogens (tertiary/aromatic N) is 3. The van der Waals surface area contributed by atoms with Gasteiger partial charge in [-0.15, -0.1) is 5.10 Å². The van der Waals surface area contributed by atoms with Gasteiger partial charge in [-0.05, 0) is 12.8 Å². The van der Waals surface area contributed by atoms with Crippen molar-refractivity contribution in [3.63, 3.8) is 0 Å². The van der Waals surface area contributed by atoms with Gasteiger partial charge >= 0.3 is 0 Å². The van der Waals surface area contributed by atoms with Crippen molar-refractivity contribution in [1.29, 1.82) is 0 Å². The second-order valence-corrected chi connectivity index (χ2v) is 3.90. The molecule has 0 aliphatic rings. The lowest BCUT2D eigenvalue weighted by atomic mass is 10.2. The number of aromatic nitrogens is 3. The normalized spacial score (nSPS) is 11.1. The zero-order chi connectivity index (χ0) is 14.9. The number of aryl methyl sites for hydroxylation is 1. The van der Waals surface area contributed by atoms with Crippen molar-refractivity contribution in [3.8, 4) is 5.69 Å². The van der Waals surface area contributed by atoms with Crippen LogP contribution in [0.1, 0.15) is 12.1 Å². The first kappa shape index (κ1) is 14.4. The van der Waals surface area contributed by atoms with E-state index in [0.717, 1.165) is 6.20 Å². The van der Waals surface area contributed by atoms with Gasteiger partial charge in [0.05, 0.1) is 11.9 Å². The Hall–Kier alpha value is -2.03. The zero-order valence-corrected chi connectivity index (χ0v) is 9.88. The molecule has 0 spiro atoms. The van der Waals surface area contributed by atoms with E-state index in [2.05, 4.69) is 10.3 Å². The van der Waals surface area contributed by atoms with Crippen molar-refractivity contribution in [1.82, 2.24) is 15.0 Å². The van der Waals surface area contributed by atoms with Crippen LogP contribution in [0.4, 0.5) is 22.0 Å². The maximum atomic E-state index is 13.5. The van der Waals surface area contributed by atoms with E-state index in [1.54, 1.807) is 0 Å². The second-order valence-electron chi connectivity index (χ2n) is 3.90. The van der Waals surface area contributed by atoms with E-state index in [0.29, 0.717) is 11.1 Å². The van der Waals surface area contributed by atoms with Gasteiger partial charge in [-0.1, -0.05) is 5.21 Å². The Morgan fingerprint density at radius 3 is 2.05 bits per heavy atom. The first-order valence-corrected chi connectivity index (χ1v) is 5.51. The van der Waals surface area contributed by atoms with Gasteiger partial charge in [-0.2, -0.15) is 0 Å². The minimum absolute atomic E-state index is 0.130. The predicted molar refractivity (Wildman–Crippen MR) is 56.6 cm³/mol. The van der Waals surface area contributed by atoms with E-state index < -0.39 is 34.8 Å². The Kier molecular flexibility index (Phi) is 3.98. The summed E-state index contributed by atoms with van der Waals surface area (Å²) in [5.41, 5.74) is -0.938. The summed E-state index contributed by atoms with van der Waals surface area (Å²) < 4.78 is 66.4. The van der Waals surface area contributed by atoms with Crippen LogP contribution in [0.15, 0.2) is 6.20 Å². The smallest absolute Gasteiger partial charge is 0.200 e. The van der Waals surface area contributed by atoms with E-state index in [-0.39, 0.29) is 18.7 Å². The Balaban J connectivity index is 2.50. The zero-order valence-electron chi connectivity index (χ0n) is 9.88. The van der Waals surface area contributed by atoms with Crippen molar-refractivity contribution in [2.45, 2.75) is 12.8 Å². The van der Waals surface area contributed by atoms with Gasteiger partial charge in [0, 0.05) is 6.61 Å². The molecular weight excluding hydrogens is 285 g/mol. The number of aliphatic hydroxyl groups is 1. The summed E-state index contributed by atoms with van der Waals surface area (Å²) in [5.74, 6) is -10.3.